The van der Waals surface area contributed by atoms with Gasteiger partial charge in [-0.1, -0.05) is 6.42 Å². The first-order chi connectivity index (χ1) is 7.42. The van der Waals surface area contributed by atoms with Gasteiger partial charge in [0, 0.05) is 18.6 Å². The second-order valence-corrected chi connectivity index (χ2v) is 5.77. The summed E-state index contributed by atoms with van der Waals surface area (Å²) in [5, 5.41) is 3.79. The van der Waals surface area contributed by atoms with Gasteiger partial charge in [0.05, 0.1) is 0 Å². The fraction of sp³-hybridized carbons (Fsp3) is 1.00. The van der Waals surface area contributed by atoms with Crippen molar-refractivity contribution in [1.82, 2.24) is 10.2 Å². The van der Waals surface area contributed by atoms with Gasteiger partial charge in [-0.2, -0.15) is 0 Å². The average molecular weight is 208 g/mol. The number of nitrogens with one attached hydrogen (secondary N) is 1. The summed E-state index contributed by atoms with van der Waals surface area (Å²) in [6.45, 7) is 3.99. The highest BCUT2D eigenvalue weighted by molar-refractivity contribution is 4.90. The Morgan fingerprint density at radius 1 is 1.00 bits per heavy atom. The summed E-state index contributed by atoms with van der Waals surface area (Å²) in [7, 11) is 0. The van der Waals surface area contributed by atoms with E-state index in [1.54, 1.807) is 0 Å². The number of hydrogen-bond acceptors (Lipinski definition) is 2. The van der Waals surface area contributed by atoms with Crippen molar-refractivity contribution in [3.8, 4) is 0 Å². The summed E-state index contributed by atoms with van der Waals surface area (Å²) in [6, 6.07) is 1.78. The summed E-state index contributed by atoms with van der Waals surface area (Å²) in [5.41, 5.74) is 0. The van der Waals surface area contributed by atoms with Gasteiger partial charge in [0.1, 0.15) is 0 Å². The highest BCUT2D eigenvalue weighted by Crippen LogP contribution is 2.30. The van der Waals surface area contributed by atoms with E-state index in [0.29, 0.717) is 0 Å². The first-order valence-electron chi connectivity index (χ1n) is 6.89. The van der Waals surface area contributed by atoms with Crippen LogP contribution in [0.3, 0.4) is 0 Å². The summed E-state index contributed by atoms with van der Waals surface area (Å²) in [5.74, 6) is 1.02. The van der Waals surface area contributed by atoms with E-state index in [9.17, 15) is 0 Å². The Morgan fingerprint density at radius 3 is 2.53 bits per heavy atom. The molecule has 0 radical (unpaired) electrons. The molecule has 3 fully saturated rings. The number of piperidine rings is 1. The lowest BCUT2D eigenvalue weighted by molar-refractivity contribution is 0.172. The van der Waals surface area contributed by atoms with Gasteiger partial charge in [-0.25, -0.2) is 0 Å². The van der Waals surface area contributed by atoms with Crippen LogP contribution in [0.4, 0.5) is 0 Å². The molecule has 2 aliphatic carbocycles. The van der Waals surface area contributed by atoms with Crippen molar-refractivity contribution < 1.29 is 0 Å². The molecule has 3 aliphatic rings. The third-order valence-electron chi connectivity index (χ3n) is 4.44. The molecule has 0 aromatic heterocycles. The van der Waals surface area contributed by atoms with Crippen LogP contribution in [0.15, 0.2) is 0 Å². The first-order valence-corrected chi connectivity index (χ1v) is 6.89. The molecule has 1 heterocycles. The van der Waals surface area contributed by atoms with Crippen molar-refractivity contribution in [2.45, 2.75) is 57.0 Å². The maximum absolute atomic E-state index is 3.79. The van der Waals surface area contributed by atoms with Gasteiger partial charge in [0.15, 0.2) is 0 Å². The van der Waals surface area contributed by atoms with Gasteiger partial charge in [-0.15, -0.1) is 0 Å². The van der Waals surface area contributed by atoms with E-state index in [4.69, 9.17) is 0 Å². The van der Waals surface area contributed by atoms with Crippen molar-refractivity contribution in [3.63, 3.8) is 0 Å². The standard InChI is InChI=1S/C13H24N2/c1-3-11(4-1)9-14-12-5-2-8-15(10-12)13-6-7-13/h11-14H,1-10H2. The smallest absolute Gasteiger partial charge is 0.0195 e. The molecule has 2 saturated carbocycles. The topological polar surface area (TPSA) is 15.3 Å². The highest BCUT2D eigenvalue weighted by atomic mass is 15.2. The zero-order valence-corrected chi connectivity index (χ0v) is 9.75. The Balaban J connectivity index is 1.40. The van der Waals surface area contributed by atoms with Crippen LogP contribution in [0.5, 0.6) is 0 Å². The minimum Gasteiger partial charge on any atom is -0.312 e. The van der Waals surface area contributed by atoms with Crippen LogP contribution in [-0.4, -0.2) is 36.6 Å². The van der Waals surface area contributed by atoms with E-state index in [1.165, 1.54) is 64.6 Å². The minimum atomic E-state index is 0.806. The molecule has 2 heteroatoms. The number of hydrogen-bond donors (Lipinski definition) is 1. The normalized spacial score (nSPS) is 34.0. The third-order valence-corrected chi connectivity index (χ3v) is 4.44. The lowest BCUT2D eigenvalue weighted by Gasteiger charge is -2.35. The SMILES string of the molecule is C1CC(CNC2CCCN(C3CC3)C2)C1. The molecule has 0 amide bonds. The van der Waals surface area contributed by atoms with E-state index in [0.717, 1.165) is 18.0 Å². The fourth-order valence-corrected chi connectivity index (χ4v) is 2.97. The second-order valence-electron chi connectivity index (χ2n) is 5.77. The lowest BCUT2D eigenvalue weighted by atomic mass is 9.85. The Bertz CT molecular complexity index is 209. The minimum absolute atomic E-state index is 0.806. The molecule has 2 nitrogen and oxygen atoms in total. The van der Waals surface area contributed by atoms with Gasteiger partial charge in [-0.05, 0) is 57.5 Å². The van der Waals surface area contributed by atoms with E-state index in [-0.39, 0.29) is 0 Å². The summed E-state index contributed by atoms with van der Waals surface area (Å²) < 4.78 is 0. The van der Waals surface area contributed by atoms with Crippen molar-refractivity contribution in [2.24, 2.45) is 5.92 Å². The predicted molar refractivity (Wildman–Crippen MR) is 63.0 cm³/mol. The molecular weight excluding hydrogens is 184 g/mol. The van der Waals surface area contributed by atoms with Gasteiger partial charge < -0.3 is 5.32 Å². The number of rotatable bonds is 4. The van der Waals surface area contributed by atoms with Crippen LogP contribution in [0.1, 0.15) is 44.9 Å². The molecule has 0 aromatic rings. The molecule has 86 valence electrons. The Labute approximate surface area is 93.4 Å². The molecule has 0 spiro atoms. The quantitative estimate of drug-likeness (QED) is 0.760. The summed E-state index contributed by atoms with van der Waals surface area (Å²) in [4.78, 5) is 2.72. The Morgan fingerprint density at radius 2 is 1.87 bits per heavy atom. The van der Waals surface area contributed by atoms with E-state index in [2.05, 4.69) is 10.2 Å². The molecule has 15 heavy (non-hydrogen) atoms. The monoisotopic (exact) mass is 208 g/mol. The lowest BCUT2D eigenvalue weighted by Crippen LogP contribution is -2.48. The molecule has 1 aliphatic heterocycles. The number of likely N-dealkylation sites (tertiary alicyclic amines) is 1. The van der Waals surface area contributed by atoms with Crippen LogP contribution in [0.2, 0.25) is 0 Å². The molecule has 1 N–H and O–H groups in total. The summed E-state index contributed by atoms with van der Waals surface area (Å²) in [6.07, 6.45) is 10.2. The largest absolute Gasteiger partial charge is 0.312 e. The maximum atomic E-state index is 3.79. The van der Waals surface area contributed by atoms with Crippen molar-refractivity contribution in [3.05, 3.63) is 0 Å². The van der Waals surface area contributed by atoms with Crippen LogP contribution in [-0.2, 0) is 0 Å². The molecule has 0 bridgehead atoms. The van der Waals surface area contributed by atoms with E-state index >= 15 is 0 Å². The van der Waals surface area contributed by atoms with Crippen molar-refractivity contribution >= 4 is 0 Å². The van der Waals surface area contributed by atoms with Crippen molar-refractivity contribution in [1.29, 1.82) is 0 Å². The van der Waals surface area contributed by atoms with Crippen molar-refractivity contribution in [2.75, 3.05) is 19.6 Å². The first kappa shape index (κ1) is 10.1. The fourth-order valence-electron chi connectivity index (χ4n) is 2.97. The second kappa shape index (κ2) is 4.42. The third kappa shape index (κ3) is 2.54. The zero-order chi connectivity index (χ0) is 10.1. The van der Waals surface area contributed by atoms with Gasteiger partial charge in [-0.3, -0.25) is 4.90 Å². The maximum Gasteiger partial charge on any atom is 0.0195 e. The predicted octanol–water partition coefficient (Wildman–Crippen LogP) is 2.00. The van der Waals surface area contributed by atoms with Crippen LogP contribution in [0, 0.1) is 5.92 Å². The molecule has 0 aromatic carbocycles. The molecular formula is C13H24N2. The van der Waals surface area contributed by atoms with Crippen LogP contribution < -0.4 is 5.32 Å². The summed E-state index contributed by atoms with van der Waals surface area (Å²) >= 11 is 0. The molecule has 3 rings (SSSR count). The molecule has 1 atom stereocenters. The van der Waals surface area contributed by atoms with E-state index in [1.807, 2.05) is 0 Å². The van der Waals surface area contributed by atoms with Crippen LogP contribution in [0.25, 0.3) is 0 Å². The van der Waals surface area contributed by atoms with Gasteiger partial charge >= 0.3 is 0 Å². The van der Waals surface area contributed by atoms with Gasteiger partial charge in [0.25, 0.3) is 0 Å². The Kier molecular flexibility index (Phi) is 2.98. The molecule has 1 unspecified atom stereocenters. The highest BCUT2D eigenvalue weighted by Gasteiger charge is 2.32. The van der Waals surface area contributed by atoms with Gasteiger partial charge in [0.2, 0.25) is 0 Å². The average Bonchev–Trinajstić information content (AvgIpc) is 2.99. The zero-order valence-electron chi connectivity index (χ0n) is 9.75. The molecule has 1 saturated heterocycles. The van der Waals surface area contributed by atoms with Crippen LogP contribution >= 0.6 is 0 Å². The Hall–Kier alpha value is -0.0800. The number of nitrogens with zero attached hydrogens (tertiary/aromatic N) is 1. The van der Waals surface area contributed by atoms with E-state index < -0.39 is 0 Å².